The van der Waals surface area contributed by atoms with Gasteiger partial charge in [0.05, 0.1) is 0 Å². The van der Waals surface area contributed by atoms with Crippen molar-refractivity contribution in [3.8, 4) is 0 Å². The number of aryl methyl sites for hydroxylation is 1. The highest BCUT2D eigenvalue weighted by atomic mass is 15.3. The van der Waals surface area contributed by atoms with E-state index in [2.05, 4.69) is 27.1 Å². The van der Waals surface area contributed by atoms with Crippen LogP contribution < -0.4 is 5.32 Å². The Morgan fingerprint density at radius 2 is 2.20 bits per heavy atom. The van der Waals surface area contributed by atoms with E-state index in [9.17, 15) is 0 Å². The van der Waals surface area contributed by atoms with Gasteiger partial charge in [0.25, 0.3) is 0 Å². The quantitative estimate of drug-likeness (QED) is 0.790. The highest BCUT2D eigenvalue weighted by Crippen LogP contribution is 2.18. The van der Waals surface area contributed by atoms with E-state index >= 15 is 0 Å². The Hall–Kier alpha value is -0.900. The standard InChI is InChI=1S/C11H20N4/c1-9-13-14-11(15(9)2)8-10-4-3-6-12-7-5-10/h10,12H,3-8H2,1-2H3. The van der Waals surface area contributed by atoms with Crippen LogP contribution in [0.5, 0.6) is 0 Å². The van der Waals surface area contributed by atoms with Crippen molar-refractivity contribution < 1.29 is 0 Å². The fourth-order valence-electron chi connectivity index (χ4n) is 2.18. The molecule has 15 heavy (non-hydrogen) atoms. The second-order valence-corrected chi connectivity index (χ2v) is 4.47. The Kier molecular flexibility index (Phi) is 3.36. The number of nitrogens with zero attached hydrogens (tertiary/aromatic N) is 3. The monoisotopic (exact) mass is 208 g/mol. The van der Waals surface area contributed by atoms with Crippen molar-refractivity contribution in [2.24, 2.45) is 13.0 Å². The highest BCUT2D eigenvalue weighted by Gasteiger charge is 2.15. The molecule has 0 spiro atoms. The SMILES string of the molecule is Cc1nnc(CC2CCCNCC2)n1C. The van der Waals surface area contributed by atoms with Crippen LogP contribution in [0.2, 0.25) is 0 Å². The van der Waals surface area contributed by atoms with Crippen LogP contribution in [0.4, 0.5) is 0 Å². The molecule has 0 aliphatic carbocycles. The summed E-state index contributed by atoms with van der Waals surface area (Å²) in [5.41, 5.74) is 0. The predicted molar refractivity (Wildman–Crippen MR) is 59.7 cm³/mol. The smallest absolute Gasteiger partial charge is 0.133 e. The summed E-state index contributed by atoms with van der Waals surface area (Å²) in [7, 11) is 2.06. The topological polar surface area (TPSA) is 42.7 Å². The normalized spacial score (nSPS) is 22.7. The molecule has 0 bridgehead atoms. The molecule has 1 aliphatic rings. The van der Waals surface area contributed by atoms with Crippen LogP contribution in [0.25, 0.3) is 0 Å². The zero-order valence-electron chi connectivity index (χ0n) is 9.66. The van der Waals surface area contributed by atoms with E-state index in [1.807, 2.05) is 6.92 Å². The van der Waals surface area contributed by atoms with Gasteiger partial charge in [-0.2, -0.15) is 0 Å². The van der Waals surface area contributed by atoms with Crippen molar-refractivity contribution in [2.75, 3.05) is 13.1 Å². The van der Waals surface area contributed by atoms with Gasteiger partial charge < -0.3 is 9.88 Å². The number of hydrogen-bond acceptors (Lipinski definition) is 3. The van der Waals surface area contributed by atoms with Crippen molar-refractivity contribution in [1.82, 2.24) is 20.1 Å². The van der Waals surface area contributed by atoms with E-state index in [-0.39, 0.29) is 0 Å². The van der Waals surface area contributed by atoms with Crippen LogP contribution in [-0.2, 0) is 13.5 Å². The summed E-state index contributed by atoms with van der Waals surface area (Å²) >= 11 is 0. The first-order chi connectivity index (χ1) is 7.27. The van der Waals surface area contributed by atoms with Crippen LogP contribution in [0, 0.1) is 12.8 Å². The van der Waals surface area contributed by atoms with Gasteiger partial charge in [-0.25, -0.2) is 0 Å². The molecule has 1 aromatic rings. The van der Waals surface area contributed by atoms with E-state index < -0.39 is 0 Å². The Labute approximate surface area is 91.1 Å². The third-order valence-electron chi connectivity index (χ3n) is 3.35. The van der Waals surface area contributed by atoms with Crippen molar-refractivity contribution in [2.45, 2.75) is 32.6 Å². The molecule has 1 unspecified atom stereocenters. The summed E-state index contributed by atoms with van der Waals surface area (Å²) in [5, 5.41) is 11.8. The molecule has 1 N–H and O–H groups in total. The fraction of sp³-hybridized carbons (Fsp3) is 0.818. The zero-order chi connectivity index (χ0) is 10.7. The molecule has 1 aliphatic heterocycles. The van der Waals surface area contributed by atoms with Crippen LogP contribution in [-0.4, -0.2) is 27.9 Å². The van der Waals surface area contributed by atoms with Crippen molar-refractivity contribution in [1.29, 1.82) is 0 Å². The van der Waals surface area contributed by atoms with Crippen molar-refractivity contribution in [3.63, 3.8) is 0 Å². The molecule has 2 rings (SSSR count). The molecular formula is C11H20N4. The average Bonchev–Trinajstić information content (AvgIpc) is 2.50. The summed E-state index contributed by atoms with van der Waals surface area (Å²) in [4.78, 5) is 0. The first-order valence-electron chi connectivity index (χ1n) is 5.83. The van der Waals surface area contributed by atoms with E-state index in [1.54, 1.807) is 0 Å². The predicted octanol–water partition coefficient (Wildman–Crippen LogP) is 1.06. The Balaban J connectivity index is 1.98. The summed E-state index contributed by atoms with van der Waals surface area (Å²) in [6.07, 6.45) is 4.96. The molecule has 0 amide bonds. The van der Waals surface area contributed by atoms with Gasteiger partial charge in [-0.3, -0.25) is 0 Å². The maximum Gasteiger partial charge on any atom is 0.133 e. The third-order valence-corrected chi connectivity index (χ3v) is 3.35. The lowest BCUT2D eigenvalue weighted by atomic mass is 9.97. The van der Waals surface area contributed by atoms with Gasteiger partial charge in [0, 0.05) is 13.5 Å². The lowest BCUT2D eigenvalue weighted by Crippen LogP contribution is -2.15. The van der Waals surface area contributed by atoms with Crippen LogP contribution >= 0.6 is 0 Å². The number of nitrogens with one attached hydrogen (secondary N) is 1. The first kappa shape index (κ1) is 10.6. The van der Waals surface area contributed by atoms with E-state index in [0.29, 0.717) is 0 Å². The molecule has 1 aromatic heterocycles. The van der Waals surface area contributed by atoms with E-state index in [1.165, 1.54) is 25.8 Å². The molecule has 84 valence electrons. The van der Waals surface area contributed by atoms with E-state index in [4.69, 9.17) is 0 Å². The molecule has 4 heteroatoms. The summed E-state index contributed by atoms with van der Waals surface area (Å²) in [5.74, 6) is 2.93. The van der Waals surface area contributed by atoms with Gasteiger partial charge >= 0.3 is 0 Å². The lowest BCUT2D eigenvalue weighted by molar-refractivity contribution is 0.453. The van der Waals surface area contributed by atoms with Gasteiger partial charge in [-0.15, -0.1) is 10.2 Å². The van der Waals surface area contributed by atoms with Gasteiger partial charge in [-0.1, -0.05) is 0 Å². The van der Waals surface area contributed by atoms with Gasteiger partial charge in [0.2, 0.25) is 0 Å². The minimum atomic E-state index is 0.780. The maximum absolute atomic E-state index is 4.23. The Morgan fingerprint density at radius 1 is 1.33 bits per heavy atom. The summed E-state index contributed by atoms with van der Waals surface area (Å²) in [6.45, 7) is 4.33. The molecule has 2 heterocycles. The van der Waals surface area contributed by atoms with Gasteiger partial charge in [0.15, 0.2) is 0 Å². The lowest BCUT2D eigenvalue weighted by Gasteiger charge is -2.12. The highest BCUT2D eigenvalue weighted by molar-refractivity contribution is 4.94. The van der Waals surface area contributed by atoms with Crippen molar-refractivity contribution in [3.05, 3.63) is 11.6 Å². The minimum Gasteiger partial charge on any atom is -0.318 e. The second kappa shape index (κ2) is 4.75. The minimum absolute atomic E-state index is 0.780. The van der Waals surface area contributed by atoms with Crippen LogP contribution in [0.3, 0.4) is 0 Å². The second-order valence-electron chi connectivity index (χ2n) is 4.47. The van der Waals surface area contributed by atoms with Crippen molar-refractivity contribution >= 4 is 0 Å². The van der Waals surface area contributed by atoms with Gasteiger partial charge in [0.1, 0.15) is 11.6 Å². The molecule has 0 aromatic carbocycles. The Bertz CT molecular complexity index is 310. The van der Waals surface area contributed by atoms with Gasteiger partial charge in [-0.05, 0) is 45.2 Å². The molecule has 1 atom stereocenters. The number of aromatic nitrogens is 3. The first-order valence-corrected chi connectivity index (χ1v) is 5.83. The van der Waals surface area contributed by atoms with Crippen LogP contribution in [0.15, 0.2) is 0 Å². The number of rotatable bonds is 2. The number of hydrogen-bond donors (Lipinski definition) is 1. The molecule has 1 saturated heterocycles. The molecule has 0 saturated carbocycles. The molecule has 0 radical (unpaired) electrons. The molecule has 1 fully saturated rings. The molecule has 4 nitrogen and oxygen atoms in total. The summed E-state index contributed by atoms with van der Waals surface area (Å²) < 4.78 is 2.11. The van der Waals surface area contributed by atoms with Crippen LogP contribution in [0.1, 0.15) is 30.9 Å². The zero-order valence-corrected chi connectivity index (χ0v) is 9.66. The molecular weight excluding hydrogens is 188 g/mol. The summed E-state index contributed by atoms with van der Waals surface area (Å²) in [6, 6.07) is 0. The fourth-order valence-corrected chi connectivity index (χ4v) is 2.18. The average molecular weight is 208 g/mol. The largest absolute Gasteiger partial charge is 0.318 e. The maximum atomic E-state index is 4.23. The third kappa shape index (κ3) is 2.56. The Morgan fingerprint density at radius 3 is 2.93 bits per heavy atom. The van der Waals surface area contributed by atoms with E-state index in [0.717, 1.165) is 30.5 Å².